The number of nitrogens with zero attached hydrogens (tertiary/aromatic N) is 3. The van der Waals surface area contributed by atoms with Gasteiger partial charge in [0.2, 0.25) is 5.91 Å². The van der Waals surface area contributed by atoms with E-state index >= 15 is 0 Å². The molecule has 0 atom stereocenters. The molecule has 1 heterocycles. The van der Waals surface area contributed by atoms with Gasteiger partial charge in [0.1, 0.15) is 0 Å². The lowest BCUT2D eigenvalue weighted by Crippen LogP contribution is -2.55. The molecule has 0 aromatic heterocycles. The molecule has 0 saturated carbocycles. The third-order valence-corrected chi connectivity index (χ3v) is 3.16. The van der Waals surface area contributed by atoms with Gasteiger partial charge in [-0.15, -0.1) is 0 Å². The number of hydrogen-bond acceptors (Lipinski definition) is 3. The number of carbonyl (C=O) groups excluding carboxylic acids is 1. The van der Waals surface area contributed by atoms with Gasteiger partial charge in [0.25, 0.3) is 0 Å². The largest absolute Gasteiger partial charge is 0.324 e. The van der Waals surface area contributed by atoms with Crippen LogP contribution in [0.25, 0.3) is 0 Å². The number of nitriles is 1. The van der Waals surface area contributed by atoms with Crippen LogP contribution >= 0.6 is 12.2 Å². The van der Waals surface area contributed by atoms with Gasteiger partial charge in [-0.2, -0.15) is 5.26 Å². The average Bonchev–Trinajstić information content (AvgIpc) is 2.19. The van der Waals surface area contributed by atoms with Crippen LogP contribution in [0.15, 0.2) is 11.8 Å². The van der Waals surface area contributed by atoms with Gasteiger partial charge in [-0.1, -0.05) is 0 Å². The fourth-order valence-electron chi connectivity index (χ4n) is 1.70. The summed E-state index contributed by atoms with van der Waals surface area (Å²) in [6.45, 7) is 3.57. The zero-order chi connectivity index (χ0) is 11.8. The molecular formula is C10H13N3OS. The van der Waals surface area contributed by atoms with E-state index < -0.39 is 5.41 Å². The van der Waals surface area contributed by atoms with Crippen LogP contribution in [0.4, 0.5) is 0 Å². The lowest BCUT2D eigenvalue weighted by Gasteiger charge is -2.43. The Labute approximate surface area is 94.8 Å². The molecule has 1 saturated heterocycles. The molecule has 0 aromatic rings. The maximum absolute atomic E-state index is 11.9. The van der Waals surface area contributed by atoms with Crippen molar-refractivity contribution in [3.8, 4) is 6.07 Å². The summed E-state index contributed by atoms with van der Waals surface area (Å²) in [4.78, 5) is 15.1. The molecule has 1 amide bonds. The first-order valence-corrected chi connectivity index (χ1v) is 4.91. The molecule has 1 aliphatic heterocycles. The molecule has 0 aromatic carbocycles. The second-order valence-electron chi connectivity index (χ2n) is 3.99. The van der Waals surface area contributed by atoms with Crippen LogP contribution in [0.3, 0.4) is 0 Å². The van der Waals surface area contributed by atoms with Gasteiger partial charge in [0, 0.05) is 25.9 Å². The standard InChI is InChI=1S/C10H13N3OS/c1-10(2)7(5-6-11)12(3)9(15)13(4)8(10)14/h5H,1-4H3/b7-5+. The summed E-state index contributed by atoms with van der Waals surface area (Å²) in [5.41, 5.74) is -0.0697. The summed E-state index contributed by atoms with van der Waals surface area (Å²) in [5, 5.41) is 9.10. The Hall–Kier alpha value is -1.41. The van der Waals surface area contributed by atoms with E-state index in [0.717, 1.165) is 0 Å². The first-order chi connectivity index (χ1) is 6.84. The van der Waals surface area contributed by atoms with Crippen LogP contribution in [0.1, 0.15) is 13.8 Å². The highest BCUT2D eigenvalue weighted by Crippen LogP contribution is 2.35. The van der Waals surface area contributed by atoms with E-state index in [0.29, 0.717) is 10.8 Å². The van der Waals surface area contributed by atoms with Crippen molar-refractivity contribution in [1.82, 2.24) is 9.80 Å². The molecule has 5 heteroatoms. The second kappa shape index (κ2) is 3.63. The minimum absolute atomic E-state index is 0.0906. The van der Waals surface area contributed by atoms with Crippen LogP contribution in [-0.4, -0.2) is 34.9 Å². The number of amides is 1. The second-order valence-corrected chi connectivity index (χ2v) is 4.35. The van der Waals surface area contributed by atoms with Gasteiger partial charge in [-0.25, -0.2) is 0 Å². The molecule has 0 aliphatic carbocycles. The van der Waals surface area contributed by atoms with Crippen LogP contribution in [0.2, 0.25) is 0 Å². The number of carbonyl (C=O) groups is 1. The maximum atomic E-state index is 11.9. The fraction of sp³-hybridized carbons (Fsp3) is 0.500. The van der Waals surface area contributed by atoms with E-state index in [1.54, 1.807) is 32.8 Å². The van der Waals surface area contributed by atoms with Crippen molar-refractivity contribution in [2.24, 2.45) is 5.41 Å². The maximum Gasteiger partial charge on any atom is 0.240 e. The Morgan fingerprint density at radius 1 is 1.40 bits per heavy atom. The predicted octanol–water partition coefficient (Wildman–Crippen LogP) is 1.11. The van der Waals surface area contributed by atoms with E-state index in [1.807, 2.05) is 6.07 Å². The van der Waals surface area contributed by atoms with Gasteiger partial charge in [-0.05, 0) is 26.1 Å². The molecule has 0 N–H and O–H groups in total. The normalized spacial score (nSPS) is 23.3. The zero-order valence-electron chi connectivity index (χ0n) is 9.24. The molecule has 4 nitrogen and oxygen atoms in total. The van der Waals surface area contributed by atoms with Gasteiger partial charge in [0.05, 0.1) is 11.5 Å². The fourth-order valence-corrected chi connectivity index (χ4v) is 1.88. The minimum Gasteiger partial charge on any atom is -0.324 e. The summed E-state index contributed by atoms with van der Waals surface area (Å²) >= 11 is 5.10. The van der Waals surface area contributed by atoms with Gasteiger partial charge >= 0.3 is 0 Å². The Morgan fingerprint density at radius 2 is 1.93 bits per heavy atom. The predicted molar refractivity (Wildman–Crippen MR) is 60.6 cm³/mol. The Balaban J connectivity index is 3.30. The van der Waals surface area contributed by atoms with E-state index in [-0.39, 0.29) is 5.91 Å². The number of thiocarbonyl (C=S) groups is 1. The van der Waals surface area contributed by atoms with E-state index in [2.05, 4.69) is 0 Å². The first kappa shape index (κ1) is 11.7. The van der Waals surface area contributed by atoms with Crippen LogP contribution < -0.4 is 0 Å². The summed E-state index contributed by atoms with van der Waals surface area (Å²) in [6, 6.07) is 1.95. The highest BCUT2D eigenvalue weighted by molar-refractivity contribution is 7.80. The molecule has 15 heavy (non-hydrogen) atoms. The highest BCUT2D eigenvalue weighted by Gasteiger charge is 2.43. The van der Waals surface area contributed by atoms with Gasteiger partial charge < -0.3 is 4.90 Å². The smallest absolute Gasteiger partial charge is 0.240 e. The quantitative estimate of drug-likeness (QED) is 0.456. The number of rotatable bonds is 0. The van der Waals surface area contributed by atoms with Crippen LogP contribution in [0.5, 0.6) is 0 Å². The van der Waals surface area contributed by atoms with Crippen LogP contribution in [0, 0.1) is 16.7 Å². The molecule has 1 aliphatic rings. The molecule has 0 unspecified atom stereocenters. The molecule has 0 spiro atoms. The van der Waals surface area contributed by atoms with Gasteiger partial charge in [-0.3, -0.25) is 9.69 Å². The average molecular weight is 223 g/mol. The molecular weight excluding hydrogens is 210 g/mol. The molecule has 1 rings (SSSR count). The molecule has 0 bridgehead atoms. The van der Waals surface area contributed by atoms with Crippen molar-refractivity contribution in [1.29, 1.82) is 5.26 Å². The molecule has 80 valence electrons. The minimum atomic E-state index is -0.707. The Bertz CT molecular complexity index is 392. The van der Waals surface area contributed by atoms with E-state index in [4.69, 9.17) is 17.5 Å². The molecule has 0 radical (unpaired) electrons. The summed E-state index contributed by atoms with van der Waals surface area (Å²) in [7, 11) is 3.41. The van der Waals surface area contributed by atoms with Crippen molar-refractivity contribution < 1.29 is 4.79 Å². The van der Waals surface area contributed by atoms with E-state index in [9.17, 15) is 4.79 Å². The van der Waals surface area contributed by atoms with Crippen molar-refractivity contribution in [2.45, 2.75) is 13.8 Å². The third-order valence-electron chi connectivity index (χ3n) is 2.62. The van der Waals surface area contributed by atoms with Gasteiger partial charge in [0.15, 0.2) is 5.11 Å². The third kappa shape index (κ3) is 1.61. The summed E-state index contributed by atoms with van der Waals surface area (Å²) < 4.78 is 0. The van der Waals surface area contributed by atoms with Crippen molar-refractivity contribution >= 4 is 23.2 Å². The molecule has 1 fully saturated rings. The number of hydrogen-bond donors (Lipinski definition) is 0. The summed E-state index contributed by atoms with van der Waals surface area (Å²) in [5.74, 6) is -0.0906. The summed E-state index contributed by atoms with van der Waals surface area (Å²) in [6.07, 6.45) is 1.37. The highest BCUT2D eigenvalue weighted by atomic mass is 32.1. The Kier molecular flexibility index (Phi) is 2.82. The van der Waals surface area contributed by atoms with Crippen molar-refractivity contribution in [2.75, 3.05) is 14.1 Å². The Morgan fingerprint density at radius 3 is 2.40 bits per heavy atom. The topological polar surface area (TPSA) is 47.3 Å². The van der Waals surface area contributed by atoms with Crippen molar-refractivity contribution in [3.63, 3.8) is 0 Å². The van der Waals surface area contributed by atoms with Crippen molar-refractivity contribution in [3.05, 3.63) is 11.8 Å². The SMILES string of the molecule is CN1C(=O)C(C)(C)/C(=C\C#N)N(C)C1=S. The lowest BCUT2D eigenvalue weighted by molar-refractivity contribution is -0.135. The van der Waals surface area contributed by atoms with E-state index in [1.165, 1.54) is 11.0 Å². The van der Waals surface area contributed by atoms with Crippen LogP contribution in [-0.2, 0) is 4.79 Å². The monoisotopic (exact) mass is 223 g/mol. The number of allylic oxidation sites excluding steroid dienone is 1. The lowest BCUT2D eigenvalue weighted by atomic mass is 9.85. The first-order valence-electron chi connectivity index (χ1n) is 4.50. The zero-order valence-corrected chi connectivity index (χ0v) is 10.1.